The summed E-state index contributed by atoms with van der Waals surface area (Å²) < 4.78 is 3.49. The van der Waals surface area contributed by atoms with Crippen LogP contribution in [-0.2, 0) is 6.54 Å². The molecule has 0 aliphatic heterocycles. The molecule has 0 saturated carbocycles. The quantitative estimate of drug-likeness (QED) is 0.593. The number of hydrogen-bond acceptors (Lipinski definition) is 0. The second-order valence-corrected chi connectivity index (χ2v) is 4.93. The molecule has 2 aromatic rings. The summed E-state index contributed by atoms with van der Waals surface area (Å²) in [5.41, 5.74) is 2.63. The van der Waals surface area contributed by atoms with Gasteiger partial charge in [0.2, 0.25) is 0 Å². The molecule has 0 N–H and O–H groups in total. The van der Waals surface area contributed by atoms with E-state index in [9.17, 15) is 0 Å². The fraction of sp³-hybridized carbons (Fsp3) is 0.154. The number of pyridine rings is 1. The van der Waals surface area contributed by atoms with Crippen LogP contribution in [0.3, 0.4) is 0 Å². The summed E-state index contributed by atoms with van der Waals surface area (Å²) in [7, 11) is 0. The highest BCUT2D eigenvalue weighted by molar-refractivity contribution is 14.1. The monoisotopic (exact) mass is 310 g/mol. The number of aromatic nitrogens is 1. The van der Waals surface area contributed by atoms with E-state index in [0.717, 1.165) is 6.54 Å². The Bertz CT molecular complexity index is 448. The van der Waals surface area contributed by atoms with Crippen molar-refractivity contribution in [2.75, 3.05) is 0 Å². The maximum atomic E-state index is 2.33. The van der Waals surface area contributed by atoms with Gasteiger partial charge < -0.3 is 0 Å². The Balaban J connectivity index is 2.18. The van der Waals surface area contributed by atoms with E-state index in [1.807, 2.05) is 0 Å². The Labute approximate surface area is 104 Å². The van der Waals surface area contributed by atoms with Gasteiger partial charge in [0.05, 0.1) is 0 Å². The maximum Gasteiger partial charge on any atom is 0.173 e. The molecule has 0 atom stereocenters. The summed E-state index contributed by atoms with van der Waals surface area (Å²) in [5.74, 6) is 0. The molecule has 2 heteroatoms. The molecule has 15 heavy (non-hydrogen) atoms. The van der Waals surface area contributed by atoms with E-state index in [0.29, 0.717) is 0 Å². The first kappa shape index (κ1) is 10.6. The van der Waals surface area contributed by atoms with Crippen LogP contribution in [0.25, 0.3) is 0 Å². The highest BCUT2D eigenvalue weighted by atomic mass is 127. The van der Waals surface area contributed by atoms with E-state index >= 15 is 0 Å². The highest BCUT2D eigenvalue weighted by Gasteiger charge is 2.01. The molecule has 1 aromatic carbocycles. The van der Waals surface area contributed by atoms with Gasteiger partial charge in [0.25, 0.3) is 0 Å². The zero-order chi connectivity index (χ0) is 10.7. The van der Waals surface area contributed by atoms with Crippen molar-refractivity contribution in [2.45, 2.75) is 13.5 Å². The SMILES string of the molecule is Cc1ccc[n+](Cc2ccc(I)cc2)c1. The molecule has 0 aliphatic rings. The third-order valence-corrected chi connectivity index (χ3v) is 3.00. The molecular formula is C13H13IN+. The van der Waals surface area contributed by atoms with E-state index in [2.05, 4.69) is 82.9 Å². The fourth-order valence-corrected chi connectivity index (χ4v) is 1.91. The van der Waals surface area contributed by atoms with Crippen LogP contribution in [0.2, 0.25) is 0 Å². The van der Waals surface area contributed by atoms with Gasteiger partial charge in [-0.3, -0.25) is 0 Å². The number of halogens is 1. The van der Waals surface area contributed by atoms with Gasteiger partial charge in [-0.1, -0.05) is 12.1 Å². The van der Waals surface area contributed by atoms with E-state index in [1.165, 1.54) is 14.7 Å². The Morgan fingerprint density at radius 3 is 2.53 bits per heavy atom. The number of aryl methyl sites for hydroxylation is 1. The van der Waals surface area contributed by atoms with Gasteiger partial charge in [0, 0.05) is 20.8 Å². The normalized spacial score (nSPS) is 10.3. The number of nitrogens with zero attached hydrogens (tertiary/aromatic N) is 1. The van der Waals surface area contributed by atoms with Gasteiger partial charge in [0.15, 0.2) is 18.9 Å². The molecule has 76 valence electrons. The smallest absolute Gasteiger partial charge is 0.173 e. The third kappa shape index (κ3) is 3.02. The van der Waals surface area contributed by atoms with Crippen LogP contribution in [0.5, 0.6) is 0 Å². The number of benzene rings is 1. The minimum absolute atomic E-state index is 0.943. The summed E-state index contributed by atoms with van der Waals surface area (Å²) in [6.07, 6.45) is 4.27. The molecule has 0 saturated heterocycles. The first-order chi connectivity index (χ1) is 7.24. The molecule has 0 spiro atoms. The Kier molecular flexibility index (Phi) is 3.36. The summed E-state index contributed by atoms with van der Waals surface area (Å²) in [6.45, 7) is 3.06. The Hall–Kier alpha value is -0.900. The van der Waals surface area contributed by atoms with E-state index in [4.69, 9.17) is 0 Å². The van der Waals surface area contributed by atoms with Crippen LogP contribution >= 0.6 is 22.6 Å². The lowest BCUT2D eigenvalue weighted by molar-refractivity contribution is -0.688. The van der Waals surface area contributed by atoms with Crippen LogP contribution < -0.4 is 4.57 Å². The van der Waals surface area contributed by atoms with E-state index in [1.54, 1.807) is 0 Å². The molecule has 2 rings (SSSR count). The zero-order valence-corrected chi connectivity index (χ0v) is 10.8. The van der Waals surface area contributed by atoms with Crippen molar-refractivity contribution in [1.29, 1.82) is 0 Å². The van der Waals surface area contributed by atoms with Crippen molar-refractivity contribution in [3.05, 3.63) is 63.5 Å². The van der Waals surface area contributed by atoms with Crippen molar-refractivity contribution in [2.24, 2.45) is 0 Å². The Morgan fingerprint density at radius 1 is 1.13 bits per heavy atom. The largest absolute Gasteiger partial charge is 0.201 e. The van der Waals surface area contributed by atoms with Gasteiger partial charge in [-0.15, -0.1) is 0 Å². The molecule has 0 aliphatic carbocycles. The predicted octanol–water partition coefficient (Wildman–Crippen LogP) is 2.94. The average molecular weight is 310 g/mol. The third-order valence-electron chi connectivity index (χ3n) is 2.28. The summed E-state index contributed by atoms with van der Waals surface area (Å²) in [4.78, 5) is 0. The van der Waals surface area contributed by atoms with Crippen LogP contribution in [0.15, 0.2) is 48.8 Å². The van der Waals surface area contributed by atoms with Gasteiger partial charge in [-0.25, -0.2) is 4.57 Å². The summed E-state index contributed by atoms with van der Waals surface area (Å²) in [5, 5.41) is 0. The fourth-order valence-electron chi connectivity index (χ4n) is 1.55. The van der Waals surface area contributed by atoms with Crippen molar-refractivity contribution in [1.82, 2.24) is 0 Å². The summed E-state index contributed by atoms with van der Waals surface area (Å²) >= 11 is 2.33. The lowest BCUT2D eigenvalue weighted by Gasteiger charge is -1.98. The summed E-state index contributed by atoms with van der Waals surface area (Å²) in [6, 6.07) is 12.8. The lowest BCUT2D eigenvalue weighted by atomic mass is 10.2. The Morgan fingerprint density at radius 2 is 1.87 bits per heavy atom. The average Bonchev–Trinajstić information content (AvgIpc) is 2.22. The lowest BCUT2D eigenvalue weighted by Crippen LogP contribution is -2.33. The molecule has 1 aromatic heterocycles. The highest BCUT2D eigenvalue weighted by Crippen LogP contribution is 2.06. The molecule has 1 nitrogen and oxygen atoms in total. The first-order valence-corrected chi connectivity index (χ1v) is 6.02. The zero-order valence-electron chi connectivity index (χ0n) is 8.65. The van der Waals surface area contributed by atoms with Gasteiger partial charge in [0.1, 0.15) is 0 Å². The molecule has 0 amide bonds. The minimum Gasteiger partial charge on any atom is -0.201 e. The first-order valence-electron chi connectivity index (χ1n) is 4.94. The topological polar surface area (TPSA) is 3.88 Å². The number of rotatable bonds is 2. The second kappa shape index (κ2) is 4.75. The molecule has 1 heterocycles. The molecule has 0 fully saturated rings. The van der Waals surface area contributed by atoms with Crippen molar-refractivity contribution in [3.63, 3.8) is 0 Å². The number of hydrogen-bond donors (Lipinski definition) is 0. The molecule has 0 bridgehead atoms. The van der Waals surface area contributed by atoms with Crippen molar-refractivity contribution >= 4 is 22.6 Å². The molecular weight excluding hydrogens is 297 g/mol. The van der Waals surface area contributed by atoms with Gasteiger partial charge in [-0.2, -0.15) is 0 Å². The van der Waals surface area contributed by atoms with E-state index in [-0.39, 0.29) is 0 Å². The van der Waals surface area contributed by atoms with Crippen LogP contribution in [0.4, 0.5) is 0 Å². The van der Waals surface area contributed by atoms with Crippen molar-refractivity contribution < 1.29 is 4.57 Å². The van der Waals surface area contributed by atoms with Crippen LogP contribution in [0.1, 0.15) is 11.1 Å². The van der Waals surface area contributed by atoms with Crippen LogP contribution in [-0.4, -0.2) is 0 Å². The van der Waals surface area contributed by atoms with Gasteiger partial charge >= 0.3 is 0 Å². The maximum absolute atomic E-state index is 2.33. The second-order valence-electron chi connectivity index (χ2n) is 3.68. The molecule has 0 radical (unpaired) electrons. The minimum atomic E-state index is 0.943. The predicted molar refractivity (Wildman–Crippen MR) is 69.6 cm³/mol. The van der Waals surface area contributed by atoms with E-state index < -0.39 is 0 Å². The van der Waals surface area contributed by atoms with Crippen molar-refractivity contribution in [3.8, 4) is 0 Å². The van der Waals surface area contributed by atoms with Gasteiger partial charge in [-0.05, 0) is 47.7 Å². The molecule has 0 unspecified atom stereocenters. The standard InChI is InChI=1S/C13H13IN/c1-11-3-2-8-15(9-11)10-12-4-6-13(14)7-5-12/h2-9H,10H2,1H3/q+1. The van der Waals surface area contributed by atoms with Crippen LogP contribution in [0, 0.1) is 10.5 Å².